The number of carbonyl (C=O) groups is 1. The van der Waals surface area contributed by atoms with Gasteiger partial charge in [0.15, 0.2) is 0 Å². The van der Waals surface area contributed by atoms with Crippen LogP contribution in [0.25, 0.3) is 0 Å². The fraction of sp³-hybridized carbons (Fsp3) is 0.125. The van der Waals surface area contributed by atoms with E-state index in [4.69, 9.17) is 16.7 Å². The molecule has 0 bridgehead atoms. The largest absolute Gasteiger partial charge is 0.508 e. The lowest BCUT2D eigenvalue weighted by molar-refractivity contribution is -0.118. The van der Waals surface area contributed by atoms with E-state index in [9.17, 15) is 4.79 Å². The van der Waals surface area contributed by atoms with E-state index in [1.807, 2.05) is 24.3 Å². The zero-order valence-corrected chi connectivity index (χ0v) is 13.3. The fourth-order valence-electron chi connectivity index (χ4n) is 1.61. The highest BCUT2D eigenvalue weighted by molar-refractivity contribution is 7.99. The molecule has 0 unspecified atom stereocenters. The van der Waals surface area contributed by atoms with E-state index < -0.39 is 0 Å². The molecule has 2 aromatic carbocycles. The van der Waals surface area contributed by atoms with Gasteiger partial charge in [0.05, 0.1) is 12.0 Å². The normalized spacial score (nSPS) is 10.8. The van der Waals surface area contributed by atoms with Crippen molar-refractivity contribution in [2.24, 2.45) is 5.10 Å². The van der Waals surface area contributed by atoms with Gasteiger partial charge in [-0.15, -0.1) is 11.8 Å². The molecule has 0 aliphatic rings. The fourth-order valence-corrected chi connectivity index (χ4v) is 2.52. The average Bonchev–Trinajstić information content (AvgIpc) is 2.51. The number of carbonyl (C=O) groups excluding carboxylic acids is 1. The molecule has 1 amide bonds. The van der Waals surface area contributed by atoms with Crippen LogP contribution in [-0.2, 0) is 10.5 Å². The molecule has 0 fully saturated rings. The van der Waals surface area contributed by atoms with Crippen molar-refractivity contribution in [2.45, 2.75) is 5.75 Å². The summed E-state index contributed by atoms with van der Waals surface area (Å²) >= 11 is 7.32. The molecule has 0 atom stereocenters. The maximum Gasteiger partial charge on any atom is 0.250 e. The highest BCUT2D eigenvalue weighted by Gasteiger charge is 2.00. The van der Waals surface area contributed by atoms with Crippen molar-refractivity contribution >= 4 is 35.5 Å². The Balaban J connectivity index is 1.69. The predicted octanol–water partition coefficient (Wildman–Crippen LogP) is 3.43. The number of aromatic hydroxyl groups is 1. The van der Waals surface area contributed by atoms with Gasteiger partial charge >= 0.3 is 0 Å². The maximum absolute atomic E-state index is 11.6. The number of nitrogens with one attached hydrogen (secondary N) is 1. The second kappa shape index (κ2) is 8.46. The number of hydrogen-bond donors (Lipinski definition) is 2. The second-order valence-electron chi connectivity index (χ2n) is 4.50. The Morgan fingerprint density at radius 2 is 1.86 bits per heavy atom. The number of benzene rings is 2. The molecular formula is C16H15ClN2O2S. The first kappa shape index (κ1) is 16.4. The number of rotatable bonds is 6. The zero-order chi connectivity index (χ0) is 15.8. The molecule has 0 radical (unpaired) electrons. The minimum atomic E-state index is -0.158. The third kappa shape index (κ3) is 5.79. The zero-order valence-electron chi connectivity index (χ0n) is 11.7. The third-order valence-electron chi connectivity index (χ3n) is 2.71. The molecule has 0 spiro atoms. The number of hydrazone groups is 1. The van der Waals surface area contributed by atoms with Gasteiger partial charge in [-0.25, -0.2) is 5.43 Å². The van der Waals surface area contributed by atoms with Crippen LogP contribution in [0.4, 0.5) is 0 Å². The lowest BCUT2D eigenvalue weighted by Crippen LogP contribution is -2.19. The number of phenols is 1. The van der Waals surface area contributed by atoms with Crippen molar-refractivity contribution in [3.8, 4) is 5.75 Å². The summed E-state index contributed by atoms with van der Waals surface area (Å²) in [6.07, 6.45) is 1.53. The van der Waals surface area contributed by atoms with Crippen LogP contribution in [0.5, 0.6) is 5.75 Å². The van der Waals surface area contributed by atoms with E-state index in [1.165, 1.54) is 18.0 Å². The molecule has 6 heteroatoms. The summed E-state index contributed by atoms with van der Waals surface area (Å²) < 4.78 is 0. The lowest BCUT2D eigenvalue weighted by atomic mass is 10.2. The van der Waals surface area contributed by atoms with Gasteiger partial charge in [-0.05, 0) is 47.5 Å². The Kier molecular flexibility index (Phi) is 6.30. The van der Waals surface area contributed by atoms with Crippen LogP contribution >= 0.6 is 23.4 Å². The van der Waals surface area contributed by atoms with Crippen LogP contribution in [0.3, 0.4) is 0 Å². The van der Waals surface area contributed by atoms with Crippen LogP contribution in [0.2, 0.25) is 5.02 Å². The van der Waals surface area contributed by atoms with Gasteiger partial charge in [-0.2, -0.15) is 5.10 Å². The molecule has 2 aromatic rings. The number of amides is 1. The molecule has 114 valence electrons. The molecule has 2 rings (SSSR count). The summed E-state index contributed by atoms with van der Waals surface area (Å²) in [6, 6.07) is 14.1. The molecule has 0 aromatic heterocycles. The smallest absolute Gasteiger partial charge is 0.250 e. The Bertz CT molecular complexity index is 642. The number of phenolic OH excluding ortho intramolecular Hbond substituents is 1. The van der Waals surface area contributed by atoms with Crippen molar-refractivity contribution in [1.82, 2.24) is 5.43 Å². The Hall–Kier alpha value is -1.98. The Labute approximate surface area is 138 Å². The van der Waals surface area contributed by atoms with Gasteiger partial charge in [-0.3, -0.25) is 4.79 Å². The van der Waals surface area contributed by atoms with Crippen LogP contribution in [0, 0.1) is 0 Å². The van der Waals surface area contributed by atoms with Crippen molar-refractivity contribution in [3.63, 3.8) is 0 Å². The van der Waals surface area contributed by atoms with Crippen molar-refractivity contribution < 1.29 is 9.90 Å². The summed E-state index contributed by atoms with van der Waals surface area (Å²) in [6.45, 7) is 0. The van der Waals surface area contributed by atoms with Crippen LogP contribution < -0.4 is 5.43 Å². The molecule has 2 N–H and O–H groups in total. The van der Waals surface area contributed by atoms with E-state index in [2.05, 4.69) is 10.5 Å². The van der Waals surface area contributed by atoms with Crippen molar-refractivity contribution in [1.29, 1.82) is 0 Å². The third-order valence-corrected chi connectivity index (χ3v) is 3.97. The van der Waals surface area contributed by atoms with Crippen LogP contribution in [-0.4, -0.2) is 23.0 Å². The van der Waals surface area contributed by atoms with Crippen LogP contribution in [0.15, 0.2) is 53.6 Å². The van der Waals surface area contributed by atoms with Gasteiger partial charge in [0, 0.05) is 10.8 Å². The molecule has 22 heavy (non-hydrogen) atoms. The quantitative estimate of drug-likeness (QED) is 0.628. The molecule has 4 nitrogen and oxygen atoms in total. The number of nitrogens with zero attached hydrogens (tertiary/aromatic N) is 1. The average molecular weight is 335 g/mol. The van der Waals surface area contributed by atoms with E-state index in [0.717, 1.165) is 16.9 Å². The summed E-state index contributed by atoms with van der Waals surface area (Å²) in [4.78, 5) is 11.6. The summed E-state index contributed by atoms with van der Waals surface area (Å²) in [7, 11) is 0. The van der Waals surface area contributed by atoms with Gasteiger partial charge in [-0.1, -0.05) is 23.7 Å². The molecule has 0 heterocycles. The molecule has 0 saturated carbocycles. The van der Waals surface area contributed by atoms with Gasteiger partial charge < -0.3 is 5.11 Å². The second-order valence-corrected chi connectivity index (χ2v) is 5.93. The maximum atomic E-state index is 11.6. The van der Waals surface area contributed by atoms with E-state index in [-0.39, 0.29) is 11.7 Å². The first-order chi connectivity index (χ1) is 10.6. The summed E-state index contributed by atoms with van der Waals surface area (Å²) in [5.74, 6) is 1.11. The molecule has 0 aliphatic heterocycles. The first-order valence-corrected chi connectivity index (χ1v) is 8.10. The summed E-state index contributed by atoms with van der Waals surface area (Å²) in [5.41, 5.74) is 4.39. The number of halogens is 1. The minimum Gasteiger partial charge on any atom is -0.508 e. The number of thioether (sulfide) groups is 1. The Morgan fingerprint density at radius 1 is 1.18 bits per heavy atom. The lowest BCUT2D eigenvalue weighted by Gasteiger charge is -2.02. The van der Waals surface area contributed by atoms with Gasteiger partial charge in [0.25, 0.3) is 0 Å². The Morgan fingerprint density at radius 3 is 2.55 bits per heavy atom. The van der Waals surface area contributed by atoms with E-state index >= 15 is 0 Å². The highest BCUT2D eigenvalue weighted by Crippen LogP contribution is 2.15. The molecular weight excluding hydrogens is 320 g/mol. The first-order valence-electron chi connectivity index (χ1n) is 6.56. The highest BCUT2D eigenvalue weighted by atomic mass is 35.5. The topological polar surface area (TPSA) is 61.7 Å². The van der Waals surface area contributed by atoms with E-state index in [1.54, 1.807) is 24.3 Å². The molecule has 0 saturated heterocycles. The van der Waals surface area contributed by atoms with Gasteiger partial charge in [0.2, 0.25) is 5.91 Å². The minimum absolute atomic E-state index is 0.158. The molecule has 0 aliphatic carbocycles. The standard InChI is InChI=1S/C16H15ClN2O2S/c17-14-5-1-13(2-6-14)10-22-11-16(21)19-18-9-12-3-7-15(20)8-4-12/h1-9,20H,10-11H2,(H,19,21)/b18-9-. The predicted molar refractivity (Wildman–Crippen MR) is 91.5 cm³/mol. The number of hydrogen-bond acceptors (Lipinski definition) is 4. The SMILES string of the molecule is O=C(CSCc1ccc(Cl)cc1)N/N=C\c1ccc(O)cc1. The van der Waals surface area contributed by atoms with Crippen molar-refractivity contribution in [3.05, 3.63) is 64.7 Å². The van der Waals surface area contributed by atoms with Crippen LogP contribution in [0.1, 0.15) is 11.1 Å². The van der Waals surface area contributed by atoms with Gasteiger partial charge in [0.1, 0.15) is 5.75 Å². The van der Waals surface area contributed by atoms with E-state index in [0.29, 0.717) is 10.8 Å². The van der Waals surface area contributed by atoms with Crippen molar-refractivity contribution in [2.75, 3.05) is 5.75 Å². The monoisotopic (exact) mass is 334 g/mol. The summed E-state index contributed by atoms with van der Waals surface area (Å²) in [5, 5.41) is 13.7.